The summed E-state index contributed by atoms with van der Waals surface area (Å²) in [6.07, 6.45) is 0. The van der Waals surface area contributed by atoms with Crippen LogP contribution < -0.4 is 19.1 Å². The third-order valence-corrected chi connectivity index (χ3v) is 6.70. The number of carbonyl (C=O) groups excluding carboxylic acids is 1. The minimum Gasteiger partial charge on any atom is -0.493 e. The molecule has 0 radical (unpaired) electrons. The smallest absolute Gasteiger partial charge is 0.335 e. The zero-order valence-corrected chi connectivity index (χ0v) is 21.8. The number of anilines is 1. The zero-order valence-electron chi connectivity index (χ0n) is 21.8. The first-order valence-corrected chi connectivity index (χ1v) is 12.3. The third kappa shape index (κ3) is 4.70. The maximum atomic E-state index is 14.3. The van der Waals surface area contributed by atoms with Crippen LogP contribution in [0.25, 0.3) is 11.1 Å². The molecule has 196 valence electrons. The molecule has 0 saturated heterocycles. The number of carboxylic acids is 1. The molecule has 1 N–H and O–H groups in total. The maximum Gasteiger partial charge on any atom is 0.335 e. The molecule has 0 fully saturated rings. The average Bonchev–Trinajstić information content (AvgIpc) is 3.24. The van der Waals surface area contributed by atoms with Gasteiger partial charge in [-0.15, -0.1) is 0 Å². The van der Waals surface area contributed by atoms with E-state index in [9.17, 15) is 14.7 Å². The highest BCUT2D eigenvalue weighted by Crippen LogP contribution is 2.47. The zero-order chi connectivity index (χ0) is 27.5. The Morgan fingerprint density at radius 2 is 1.38 bits per heavy atom. The normalized spacial score (nSPS) is 13.6. The summed E-state index contributed by atoms with van der Waals surface area (Å²) in [6, 6.07) is 27.6. The van der Waals surface area contributed by atoms with E-state index < -0.39 is 5.97 Å². The number of fused-ring (bicyclic) bond motifs is 1. The van der Waals surface area contributed by atoms with Gasteiger partial charge in [0.1, 0.15) is 0 Å². The van der Waals surface area contributed by atoms with Gasteiger partial charge in [0.15, 0.2) is 11.5 Å². The van der Waals surface area contributed by atoms with Crippen LogP contribution in [0.2, 0.25) is 0 Å². The van der Waals surface area contributed by atoms with Gasteiger partial charge in [0.2, 0.25) is 5.75 Å². The number of carbonyl (C=O) groups is 2. The number of amides is 1. The number of benzene rings is 4. The van der Waals surface area contributed by atoms with Crippen LogP contribution >= 0.6 is 0 Å². The highest BCUT2D eigenvalue weighted by molar-refractivity contribution is 6.38. The molecule has 0 atom stereocenters. The molecule has 4 aromatic rings. The van der Waals surface area contributed by atoms with Gasteiger partial charge in [0, 0.05) is 11.1 Å². The molecule has 4 aromatic carbocycles. The number of hydrogen-bond acceptors (Lipinski definition) is 5. The van der Waals surface area contributed by atoms with Crippen molar-refractivity contribution in [2.75, 3.05) is 26.2 Å². The van der Waals surface area contributed by atoms with Crippen molar-refractivity contribution in [3.63, 3.8) is 0 Å². The van der Waals surface area contributed by atoms with Crippen molar-refractivity contribution in [3.8, 4) is 17.2 Å². The summed E-state index contributed by atoms with van der Waals surface area (Å²) in [5.41, 5.74) is 5.24. The molecule has 7 heteroatoms. The lowest BCUT2D eigenvalue weighted by Gasteiger charge is -2.19. The van der Waals surface area contributed by atoms with E-state index in [1.54, 1.807) is 38.4 Å². The predicted molar refractivity (Wildman–Crippen MR) is 149 cm³/mol. The highest BCUT2D eigenvalue weighted by atomic mass is 16.5. The summed E-state index contributed by atoms with van der Waals surface area (Å²) >= 11 is 0. The second kappa shape index (κ2) is 10.8. The molecule has 0 aromatic heterocycles. The van der Waals surface area contributed by atoms with E-state index in [2.05, 4.69) is 0 Å². The summed E-state index contributed by atoms with van der Waals surface area (Å²) in [5.74, 6) is 0.201. The fourth-order valence-corrected chi connectivity index (χ4v) is 4.95. The lowest BCUT2D eigenvalue weighted by Crippen LogP contribution is -2.26. The summed E-state index contributed by atoms with van der Waals surface area (Å²) in [7, 11) is 4.66. The fraction of sp³-hybridized carbons (Fsp3) is 0.125. The van der Waals surface area contributed by atoms with Crippen LogP contribution in [0, 0.1) is 0 Å². The summed E-state index contributed by atoms with van der Waals surface area (Å²) in [6.45, 7) is 0.220. The van der Waals surface area contributed by atoms with Crippen molar-refractivity contribution >= 4 is 28.7 Å². The second-order valence-electron chi connectivity index (χ2n) is 8.94. The number of hydrogen-bond donors (Lipinski definition) is 1. The van der Waals surface area contributed by atoms with Crippen LogP contribution in [0.15, 0.2) is 91.0 Å². The van der Waals surface area contributed by atoms with Gasteiger partial charge in [-0.1, -0.05) is 60.7 Å². The van der Waals surface area contributed by atoms with Gasteiger partial charge in [-0.3, -0.25) is 4.79 Å². The standard InChI is InChI=1S/C32H27NO6/c1-37-26-17-23(18-27(38-2)30(26)39-3)28(21-11-5-4-6-12-21)29-24-14-7-8-15-25(24)33(31(29)34)19-20-10-9-13-22(16-20)32(35)36/h4-18H,19H2,1-3H3,(H,35,36)/b29-28+. The molecule has 0 aliphatic carbocycles. The molecule has 5 rings (SSSR count). The van der Waals surface area contributed by atoms with Gasteiger partial charge >= 0.3 is 5.97 Å². The minimum absolute atomic E-state index is 0.172. The number of carboxylic acid groups (broad SMARTS) is 1. The first kappa shape index (κ1) is 25.6. The van der Waals surface area contributed by atoms with Crippen molar-refractivity contribution in [1.29, 1.82) is 0 Å². The number of aromatic carboxylic acids is 1. The first-order chi connectivity index (χ1) is 19.0. The van der Waals surface area contributed by atoms with Crippen molar-refractivity contribution in [1.82, 2.24) is 0 Å². The Bertz CT molecular complexity index is 1570. The first-order valence-electron chi connectivity index (χ1n) is 12.3. The molecule has 0 unspecified atom stereocenters. The molecule has 1 amide bonds. The number of ether oxygens (including phenoxy) is 3. The molecule has 1 aliphatic heterocycles. The Balaban J connectivity index is 1.74. The number of rotatable bonds is 8. The third-order valence-electron chi connectivity index (χ3n) is 6.70. The lowest BCUT2D eigenvalue weighted by molar-refractivity contribution is -0.113. The Hall–Kier alpha value is -5.04. The van der Waals surface area contributed by atoms with Gasteiger partial charge in [-0.05, 0) is 47.0 Å². The molecule has 0 bridgehead atoms. The van der Waals surface area contributed by atoms with Crippen molar-refractivity contribution in [3.05, 3.63) is 119 Å². The molecule has 1 aliphatic rings. The van der Waals surface area contributed by atoms with Crippen LogP contribution in [-0.4, -0.2) is 38.3 Å². The van der Waals surface area contributed by atoms with Crippen molar-refractivity contribution in [2.24, 2.45) is 0 Å². The van der Waals surface area contributed by atoms with E-state index in [-0.39, 0.29) is 18.0 Å². The molecule has 0 spiro atoms. The Kier molecular flexibility index (Phi) is 7.06. The minimum atomic E-state index is -1.01. The van der Waals surface area contributed by atoms with E-state index in [1.165, 1.54) is 6.07 Å². The molecule has 39 heavy (non-hydrogen) atoms. The average molecular weight is 522 g/mol. The van der Waals surface area contributed by atoms with E-state index >= 15 is 0 Å². The lowest BCUT2D eigenvalue weighted by atomic mass is 9.89. The largest absolute Gasteiger partial charge is 0.493 e. The van der Waals surface area contributed by atoms with E-state index in [1.807, 2.05) is 72.8 Å². The summed E-state index contributed by atoms with van der Waals surface area (Å²) < 4.78 is 16.8. The monoisotopic (exact) mass is 521 g/mol. The van der Waals surface area contributed by atoms with Gasteiger partial charge in [0.25, 0.3) is 5.91 Å². The van der Waals surface area contributed by atoms with Crippen LogP contribution in [0.4, 0.5) is 5.69 Å². The number of nitrogens with zero attached hydrogens (tertiary/aromatic N) is 1. The van der Waals surface area contributed by atoms with Crippen LogP contribution in [0.3, 0.4) is 0 Å². The van der Waals surface area contributed by atoms with Crippen molar-refractivity contribution < 1.29 is 28.9 Å². The molecule has 1 heterocycles. The van der Waals surface area contributed by atoms with E-state index in [0.29, 0.717) is 34.0 Å². The second-order valence-corrected chi connectivity index (χ2v) is 8.94. The highest BCUT2D eigenvalue weighted by Gasteiger charge is 2.35. The topological polar surface area (TPSA) is 85.3 Å². The Morgan fingerprint density at radius 3 is 2.03 bits per heavy atom. The van der Waals surface area contributed by atoms with Gasteiger partial charge in [-0.25, -0.2) is 4.79 Å². The predicted octanol–water partition coefficient (Wildman–Crippen LogP) is 5.92. The Morgan fingerprint density at radius 1 is 0.744 bits per heavy atom. The van der Waals surface area contributed by atoms with Gasteiger partial charge in [-0.2, -0.15) is 0 Å². The maximum absolute atomic E-state index is 14.3. The van der Waals surface area contributed by atoms with Crippen LogP contribution in [0.1, 0.15) is 32.6 Å². The molecule has 0 saturated carbocycles. The van der Waals surface area contributed by atoms with Gasteiger partial charge < -0.3 is 24.2 Å². The molecular weight excluding hydrogens is 494 g/mol. The summed E-state index contributed by atoms with van der Waals surface area (Å²) in [5, 5.41) is 9.45. The Labute approximate surface area is 226 Å². The van der Waals surface area contributed by atoms with E-state index in [0.717, 1.165) is 22.4 Å². The molecule has 7 nitrogen and oxygen atoms in total. The summed E-state index contributed by atoms with van der Waals surface area (Å²) in [4.78, 5) is 27.5. The van der Waals surface area contributed by atoms with Gasteiger partial charge in [0.05, 0.1) is 44.7 Å². The van der Waals surface area contributed by atoms with E-state index in [4.69, 9.17) is 14.2 Å². The SMILES string of the molecule is COc1cc(/C(=C2/C(=O)N(Cc3cccc(C(=O)O)c3)c3ccccc32)c2ccccc2)cc(OC)c1OC. The number of para-hydroxylation sites is 1. The van der Waals surface area contributed by atoms with Crippen molar-refractivity contribution in [2.45, 2.75) is 6.54 Å². The van der Waals surface area contributed by atoms with Crippen LogP contribution in [-0.2, 0) is 11.3 Å². The number of methoxy groups -OCH3 is 3. The fourth-order valence-electron chi connectivity index (χ4n) is 4.95. The molecular formula is C32H27NO6. The quantitative estimate of drug-likeness (QED) is 0.290. The van der Waals surface area contributed by atoms with Crippen LogP contribution in [0.5, 0.6) is 17.2 Å².